The lowest BCUT2D eigenvalue weighted by molar-refractivity contribution is -0.147. The Labute approximate surface area is 252 Å². The summed E-state index contributed by atoms with van der Waals surface area (Å²) >= 11 is 0. The second-order valence-corrected chi connectivity index (χ2v) is 11.8. The average molecular weight is 591 g/mol. The van der Waals surface area contributed by atoms with Crippen LogP contribution in [-0.4, -0.2) is 60.8 Å². The van der Waals surface area contributed by atoms with Gasteiger partial charge in [0.15, 0.2) is 11.4 Å². The third-order valence-electron chi connectivity index (χ3n) is 8.02. The van der Waals surface area contributed by atoms with Gasteiger partial charge >= 0.3 is 11.9 Å². The lowest BCUT2D eigenvalue weighted by atomic mass is 9.78. The predicted octanol–water partition coefficient (Wildman–Crippen LogP) is 4.57. The Morgan fingerprint density at radius 2 is 1.86 bits per heavy atom. The number of hydrogen-bond acceptors (Lipinski definition) is 7. The van der Waals surface area contributed by atoms with Gasteiger partial charge in [-0.1, -0.05) is 33.4 Å². The summed E-state index contributed by atoms with van der Waals surface area (Å²) in [6.45, 7) is 15.5. The molecule has 10 nitrogen and oxygen atoms in total. The number of methoxy groups -OCH3 is 1. The lowest BCUT2D eigenvalue weighted by Crippen LogP contribution is -2.36. The third-order valence-corrected chi connectivity index (χ3v) is 8.02. The fourth-order valence-corrected chi connectivity index (χ4v) is 5.71. The van der Waals surface area contributed by atoms with Crippen LogP contribution in [0, 0.1) is 11.3 Å². The Kier molecular flexibility index (Phi) is 9.47. The number of allylic oxidation sites excluding steroid dienone is 2. The summed E-state index contributed by atoms with van der Waals surface area (Å²) in [5.41, 5.74) is 9.82. The molecular weight excluding hydrogens is 548 g/mol. The Morgan fingerprint density at radius 3 is 2.49 bits per heavy atom. The minimum absolute atomic E-state index is 0.0193. The van der Waals surface area contributed by atoms with Gasteiger partial charge in [-0.15, -0.1) is 0 Å². The van der Waals surface area contributed by atoms with Crippen molar-refractivity contribution in [1.82, 2.24) is 9.47 Å². The van der Waals surface area contributed by atoms with Crippen molar-refractivity contribution < 1.29 is 23.8 Å². The maximum atomic E-state index is 13.1. The van der Waals surface area contributed by atoms with E-state index in [9.17, 15) is 14.4 Å². The van der Waals surface area contributed by atoms with Crippen molar-refractivity contribution in [2.45, 2.75) is 53.5 Å². The number of fused-ring (bicyclic) bond motifs is 3. The second kappa shape index (κ2) is 12.9. The molecule has 10 heteroatoms. The summed E-state index contributed by atoms with van der Waals surface area (Å²) in [5, 5.41) is 0. The molecule has 0 saturated carbocycles. The number of esters is 2. The smallest absolute Gasteiger partial charge is 0.343 e. The number of aliphatic imine (C=N–C) groups is 1. The fourth-order valence-electron chi connectivity index (χ4n) is 5.71. The van der Waals surface area contributed by atoms with Crippen LogP contribution < -0.4 is 15.9 Å². The molecule has 1 aromatic heterocycles. The summed E-state index contributed by atoms with van der Waals surface area (Å²) in [5.74, 6) is -0.183. The molecule has 2 unspecified atom stereocenters. The summed E-state index contributed by atoms with van der Waals surface area (Å²) in [7, 11) is 1.58. The normalized spacial score (nSPS) is 18.5. The minimum Gasteiger partial charge on any atom is -0.496 e. The maximum absolute atomic E-state index is 13.1. The fraction of sp³-hybridized carbons (Fsp3) is 0.455. The van der Waals surface area contributed by atoms with Gasteiger partial charge < -0.3 is 29.4 Å². The molecule has 230 valence electrons. The molecule has 0 bridgehead atoms. The number of rotatable bonds is 8. The highest BCUT2D eigenvalue weighted by Gasteiger charge is 2.35. The minimum atomic E-state index is -0.625. The van der Waals surface area contributed by atoms with E-state index in [1.165, 1.54) is 6.07 Å². The van der Waals surface area contributed by atoms with Crippen LogP contribution in [0.2, 0.25) is 0 Å². The van der Waals surface area contributed by atoms with E-state index >= 15 is 0 Å². The van der Waals surface area contributed by atoms with E-state index in [1.54, 1.807) is 39.4 Å². The molecule has 2 N–H and O–H groups in total. The van der Waals surface area contributed by atoms with Crippen molar-refractivity contribution in [2.75, 3.05) is 33.4 Å². The van der Waals surface area contributed by atoms with Crippen molar-refractivity contribution >= 4 is 23.5 Å². The van der Waals surface area contributed by atoms with E-state index in [0.29, 0.717) is 55.5 Å². The number of benzene rings is 1. The van der Waals surface area contributed by atoms with Gasteiger partial charge in [0.2, 0.25) is 0 Å². The number of carbonyl (C=O) groups is 2. The zero-order valence-corrected chi connectivity index (χ0v) is 25.9. The number of ether oxygens (including phenoxy) is 3. The molecule has 0 spiro atoms. The van der Waals surface area contributed by atoms with Gasteiger partial charge in [0.05, 0.1) is 31.9 Å². The van der Waals surface area contributed by atoms with Gasteiger partial charge in [0.1, 0.15) is 11.3 Å². The van der Waals surface area contributed by atoms with E-state index in [1.807, 2.05) is 21.6 Å². The number of pyridine rings is 1. The van der Waals surface area contributed by atoms with Crippen LogP contribution in [0.5, 0.6) is 5.75 Å². The SMILES string of the molecule is C=C/C(=C\N=C(N)N1CCC(C(=O)OCC)C1)c1cc2c(cc1OC)-c1cc(=O)c(C(=O)OCC)cn1C(C(C)(C)C)C2. The molecule has 0 amide bonds. The molecule has 43 heavy (non-hydrogen) atoms. The number of carbonyl (C=O) groups excluding carboxylic acids is 2. The Bertz CT molecular complexity index is 1530. The molecule has 2 aromatic rings. The number of nitrogens with two attached hydrogens (primary N) is 1. The largest absolute Gasteiger partial charge is 0.496 e. The summed E-state index contributed by atoms with van der Waals surface area (Å²) in [4.78, 5) is 44.2. The zero-order valence-electron chi connectivity index (χ0n) is 25.9. The lowest BCUT2D eigenvalue weighted by Gasteiger charge is -2.39. The van der Waals surface area contributed by atoms with E-state index in [0.717, 1.165) is 16.7 Å². The Morgan fingerprint density at radius 1 is 1.14 bits per heavy atom. The molecule has 3 heterocycles. The highest BCUT2D eigenvalue weighted by atomic mass is 16.5. The first-order chi connectivity index (χ1) is 20.4. The zero-order chi connectivity index (χ0) is 31.5. The first-order valence-corrected chi connectivity index (χ1v) is 14.7. The molecule has 0 aliphatic carbocycles. The van der Waals surface area contributed by atoms with Gasteiger partial charge in [-0.3, -0.25) is 9.59 Å². The monoisotopic (exact) mass is 590 g/mol. The van der Waals surface area contributed by atoms with Gasteiger partial charge in [-0.2, -0.15) is 0 Å². The van der Waals surface area contributed by atoms with Crippen LogP contribution in [0.4, 0.5) is 0 Å². The molecular formula is C33H42N4O6. The van der Waals surface area contributed by atoms with E-state index in [4.69, 9.17) is 19.9 Å². The highest BCUT2D eigenvalue weighted by molar-refractivity contribution is 5.90. The van der Waals surface area contributed by atoms with Crippen LogP contribution in [0.1, 0.15) is 68.6 Å². The third kappa shape index (κ3) is 6.53. The number of likely N-dealkylation sites (tertiary alicyclic amines) is 1. The Balaban J connectivity index is 1.75. The number of guanidine groups is 1. The van der Waals surface area contributed by atoms with Gasteiger partial charge in [0.25, 0.3) is 0 Å². The van der Waals surface area contributed by atoms with E-state index in [2.05, 4.69) is 32.3 Å². The summed E-state index contributed by atoms with van der Waals surface area (Å²) in [6.07, 6.45) is 6.30. The Hall–Kier alpha value is -4.34. The van der Waals surface area contributed by atoms with Gasteiger partial charge in [-0.05, 0) is 49.8 Å². The van der Waals surface area contributed by atoms with Crippen molar-refractivity contribution in [3.63, 3.8) is 0 Å². The predicted molar refractivity (Wildman–Crippen MR) is 167 cm³/mol. The van der Waals surface area contributed by atoms with Crippen LogP contribution in [0.25, 0.3) is 16.8 Å². The summed E-state index contributed by atoms with van der Waals surface area (Å²) in [6, 6.07) is 5.42. The van der Waals surface area contributed by atoms with Crippen LogP contribution in [-0.2, 0) is 20.7 Å². The van der Waals surface area contributed by atoms with Gasteiger partial charge in [-0.25, -0.2) is 9.79 Å². The molecule has 1 fully saturated rings. The molecule has 1 aromatic carbocycles. The standard InChI is InChI=1S/C33H42N4O6/c1-8-20(17-35-32(34)36-12-11-21(18-36)30(39)42-9-2)24-13-22-14-29(33(4,5)6)37-19-25(31(40)43-10-3)27(38)16-26(37)23(22)15-28(24)41-7/h8,13,15-17,19,21,29H,1,9-12,14,18H2,2-7H3,(H2,34,35)/b20-17+. The van der Waals surface area contributed by atoms with Crippen LogP contribution >= 0.6 is 0 Å². The van der Waals surface area contributed by atoms with E-state index < -0.39 is 11.4 Å². The van der Waals surface area contributed by atoms with E-state index in [-0.39, 0.29) is 35.5 Å². The molecule has 2 aliphatic rings. The average Bonchev–Trinajstić information content (AvgIpc) is 3.47. The topological polar surface area (TPSA) is 125 Å². The number of aromatic nitrogens is 1. The highest BCUT2D eigenvalue weighted by Crippen LogP contribution is 2.45. The maximum Gasteiger partial charge on any atom is 0.343 e. The summed E-state index contributed by atoms with van der Waals surface area (Å²) < 4.78 is 18.1. The number of hydrogen-bond donors (Lipinski definition) is 1. The molecule has 4 rings (SSSR count). The van der Waals surface area contributed by atoms with Crippen molar-refractivity contribution in [2.24, 2.45) is 22.1 Å². The first-order valence-electron chi connectivity index (χ1n) is 14.7. The molecule has 2 aliphatic heterocycles. The van der Waals surface area contributed by atoms with Crippen molar-refractivity contribution in [1.29, 1.82) is 0 Å². The quantitative estimate of drug-likeness (QED) is 0.205. The number of nitrogens with zero attached hydrogens (tertiary/aromatic N) is 3. The first kappa shape index (κ1) is 31.6. The van der Waals surface area contributed by atoms with Gasteiger partial charge in [0, 0.05) is 54.3 Å². The van der Waals surface area contributed by atoms with Crippen molar-refractivity contribution in [3.8, 4) is 17.0 Å². The van der Waals surface area contributed by atoms with Crippen LogP contribution in [0.15, 0.2) is 53.0 Å². The molecule has 1 saturated heterocycles. The van der Waals surface area contributed by atoms with Crippen LogP contribution in [0.3, 0.4) is 0 Å². The molecule has 0 radical (unpaired) electrons. The van der Waals surface area contributed by atoms with Crippen molar-refractivity contribution in [3.05, 3.63) is 70.2 Å². The second-order valence-electron chi connectivity index (χ2n) is 11.8. The molecule has 2 atom stereocenters.